The molecular formula is C18H24N6O2. The van der Waals surface area contributed by atoms with Crippen molar-refractivity contribution in [2.45, 2.75) is 6.54 Å². The molecule has 1 aromatic carbocycles. The Balaban J connectivity index is 2.00. The van der Waals surface area contributed by atoms with Crippen LogP contribution in [0.3, 0.4) is 0 Å². The topological polar surface area (TPSA) is 83.5 Å². The molecule has 0 bridgehead atoms. The second-order valence-electron chi connectivity index (χ2n) is 5.96. The van der Waals surface area contributed by atoms with Crippen LogP contribution >= 0.6 is 0 Å². The van der Waals surface area contributed by atoms with Gasteiger partial charge in [0.25, 0.3) is 0 Å². The van der Waals surface area contributed by atoms with Gasteiger partial charge in [-0.2, -0.15) is 15.0 Å². The first-order chi connectivity index (χ1) is 12.4. The number of anilines is 2. The minimum Gasteiger partial charge on any atom is -0.497 e. The van der Waals surface area contributed by atoms with Gasteiger partial charge in [-0.3, -0.25) is 4.79 Å². The van der Waals surface area contributed by atoms with Gasteiger partial charge in [0, 0.05) is 34.3 Å². The third-order valence-electron chi connectivity index (χ3n) is 3.42. The fraction of sp³-hybridized carbons (Fsp3) is 0.333. The monoisotopic (exact) mass is 356 g/mol. The highest BCUT2D eigenvalue weighted by Crippen LogP contribution is 2.12. The Morgan fingerprint density at radius 2 is 1.62 bits per heavy atom. The van der Waals surface area contributed by atoms with Crippen LogP contribution in [0.1, 0.15) is 11.4 Å². The van der Waals surface area contributed by atoms with Crippen LogP contribution in [0.4, 0.5) is 11.9 Å². The lowest BCUT2D eigenvalue weighted by Gasteiger charge is -2.16. The summed E-state index contributed by atoms with van der Waals surface area (Å²) in [5.74, 6) is 2.14. The third kappa shape index (κ3) is 5.44. The summed E-state index contributed by atoms with van der Waals surface area (Å²) >= 11 is 0. The van der Waals surface area contributed by atoms with E-state index in [0.717, 1.165) is 11.3 Å². The molecule has 0 spiro atoms. The predicted molar refractivity (Wildman–Crippen MR) is 102 cm³/mol. The van der Waals surface area contributed by atoms with Crippen LogP contribution in [-0.4, -0.2) is 56.2 Å². The number of carbonyl (C=O) groups excluding carboxylic acids is 1. The number of ether oxygens (including phenoxy) is 1. The molecule has 1 aromatic heterocycles. The minimum atomic E-state index is -0.223. The molecule has 1 heterocycles. The summed E-state index contributed by atoms with van der Waals surface area (Å²) in [6.07, 6.45) is 3.21. The Bertz CT molecular complexity index is 746. The lowest BCUT2D eigenvalue weighted by Crippen LogP contribution is -2.25. The Labute approximate surface area is 153 Å². The fourth-order valence-electron chi connectivity index (χ4n) is 1.99. The maximum atomic E-state index is 12.0. The van der Waals surface area contributed by atoms with E-state index >= 15 is 0 Å². The average Bonchev–Trinajstić information content (AvgIpc) is 2.64. The summed E-state index contributed by atoms with van der Waals surface area (Å²) in [5.41, 5.74) is 0.908. The molecule has 0 unspecified atom stereocenters. The van der Waals surface area contributed by atoms with Gasteiger partial charge in [0.05, 0.1) is 13.7 Å². The quantitative estimate of drug-likeness (QED) is 0.750. The van der Waals surface area contributed by atoms with Crippen molar-refractivity contribution >= 4 is 23.9 Å². The summed E-state index contributed by atoms with van der Waals surface area (Å²) < 4.78 is 5.11. The minimum absolute atomic E-state index is 0.218. The molecule has 1 amide bonds. The molecule has 1 N–H and O–H groups in total. The highest BCUT2D eigenvalue weighted by molar-refractivity contribution is 5.91. The van der Waals surface area contributed by atoms with Crippen LogP contribution in [0.5, 0.6) is 5.75 Å². The molecule has 26 heavy (non-hydrogen) atoms. The van der Waals surface area contributed by atoms with Crippen LogP contribution in [0.25, 0.3) is 6.08 Å². The van der Waals surface area contributed by atoms with Gasteiger partial charge in [0.2, 0.25) is 17.8 Å². The second-order valence-corrected chi connectivity index (χ2v) is 5.96. The van der Waals surface area contributed by atoms with Gasteiger partial charge in [-0.05, 0) is 23.8 Å². The maximum absolute atomic E-state index is 12.0. The zero-order valence-electron chi connectivity index (χ0n) is 15.7. The Morgan fingerprint density at radius 1 is 1.04 bits per heavy atom. The first-order valence-electron chi connectivity index (χ1n) is 8.08. The smallest absolute Gasteiger partial charge is 0.244 e. The number of hydrogen-bond acceptors (Lipinski definition) is 7. The highest BCUT2D eigenvalue weighted by atomic mass is 16.5. The van der Waals surface area contributed by atoms with Gasteiger partial charge in [0.1, 0.15) is 5.75 Å². The zero-order valence-corrected chi connectivity index (χ0v) is 15.7. The van der Waals surface area contributed by atoms with Crippen molar-refractivity contribution in [1.29, 1.82) is 0 Å². The van der Waals surface area contributed by atoms with E-state index in [2.05, 4.69) is 20.3 Å². The number of benzene rings is 1. The molecule has 2 rings (SSSR count). The van der Waals surface area contributed by atoms with Crippen molar-refractivity contribution in [3.05, 3.63) is 41.7 Å². The van der Waals surface area contributed by atoms with Crippen LogP contribution in [-0.2, 0) is 11.3 Å². The zero-order chi connectivity index (χ0) is 19.1. The molecule has 138 valence electrons. The largest absolute Gasteiger partial charge is 0.497 e. The number of carbonyl (C=O) groups is 1. The first-order valence-corrected chi connectivity index (χ1v) is 8.08. The van der Waals surface area contributed by atoms with Crippen molar-refractivity contribution < 1.29 is 9.53 Å². The van der Waals surface area contributed by atoms with Crippen LogP contribution in [0.2, 0.25) is 0 Å². The number of amides is 1. The van der Waals surface area contributed by atoms with Gasteiger partial charge in [-0.1, -0.05) is 12.1 Å². The average molecular weight is 356 g/mol. The maximum Gasteiger partial charge on any atom is 0.244 e. The van der Waals surface area contributed by atoms with Gasteiger partial charge in [0.15, 0.2) is 5.82 Å². The standard InChI is InChI=1S/C18H24N6O2/c1-23(2)17-20-15(21-18(22-17)24(3)4)12-19-16(25)11-8-13-6-9-14(26-5)10-7-13/h6-11H,12H2,1-5H3,(H,19,25)/b11-8+. The molecule has 0 aliphatic carbocycles. The molecule has 0 aliphatic rings. The molecule has 0 saturated heterocycles. The van der Waals surface area contributed by atoms with Crippen molar-refractivity contribution in [2.75, 3.05) is 45.1 Å². The van der Waals surface area contributed by atoms with Gasteiger partial charge >= 0.3 is 0 Å². The van der Waals surface area contributed by atoms with Crippen LogP contribution < -0.4 is 19.9 Å². The Kier molecular flexibility index (Phi) is 6.48. The summed E-state index contributed by atoms with van der Waals surface area (Å²) in [7, 11) is 9.04. The van der Waals surface area contributed by atoms with E-state index in [9.17, 15) is 4.79 Å². The molecule has 0 saturated carbocycles. The van der Waals surface area contributed by atoms with E-state index in [4.69, 9.17) is 4.74 Å². The van der Waals surface area contributed by atoms with E-state index in [1.807, 2.05) is 52.5 Å². The molecule has 8 heteroatoms. The SMILES string of the molecule is COc1ccc(/C=C/C(=O)NCc2nc(N(C)C)nc(N(C)C)n2)cc1. The van der Waals surface area contributed by atoms with Crippen molar-refractivity contribution in [1.82, 2.24) is 20.3 Å². The van der Waals surface area contributed by atoms with E-state index < -0.39 is 0 Å². The number of nitrogens with one attached hydrogen (secondary N) is 1. The molecule has 0 atom stereocenters. The van der Waals surface area contributed by atoms with E-state index in [0.29, 0.717) is 17.7 Å². The number of aromatic nitrogens is 3. The summed E-state index contributed by atoms with van der Waals surface area (Å²) in [6, 6.07) is 7.44. The van der Waals surface area contributed by atoms with Gasteiger partial charge in [-0.25, -0.2) is 0 Å². The third-order valence-corrected chi connectivity index (χ3v) is 3.42. The molecular weight excluding hydrogens is 332 g/mol. The first kappa shape index (κ1) is 19.2. The van der Waals surface area contributed by atoms with Crippen LogP contribution in [0.15, 0.2) is 30.3 Å². The number of hydrogen-bond donors (Lipinski definition) is 1. The van der Waals surface area contributed by atoms with Gasteiger partial charge in [-0.15, -0.1) is 0 Å². The molecule has 0 radical (unpaired) electrons. The summed E-state index contributed by atoms with van der Waals surface area (Å²) in [6.45, 7) is 0.218. The molecule has 8 nitrogen and oxygen atoms in total. The molecule has 2 aromatic rings. The van der Waals surface area contributed by atoms with E-state index in [1.165, 1.54) is 6.08 Å². The second kappa shape index (κ2) is 8.80. The molecule has 0 fully saturated rings. The number of rotatable bonds is 7. The normalized spacial score (nSPS) is 10.7. The van der Waals surface area contributed by atoms with Crippen LogP contribution in [0, 0.1) is 0 Å². The molecule has 0 aliphatic heterocycles. The number of nitrogens with zero attached hydrogens (tertiary/aromatic N) is 5. The number of methoxy groups -OCH3 is 1. The van der Waals surface area contributed by atoms with Gasteiger partial charge < -0.3 is 19.9 Å². The summed E-state index contributed by atoms with van der Waals surface area (Å²) in [5, 5.41) is 2.78. The van der Waals surface area contributed by atoms with E-state index in [1.54, 1.807) is 23.0 Å². The van der Waals surface area contributed by atoms with Crippen molar-refractivity contribution in [3.8, 4) is 5.75 Å². The van der Waals surface area contributed by atoms with E-state index in [-0.39, 0.29) is 12.5 Å². The van der Waals surface area contributed by atoms with Crippen molar-refractivity contribution in [3.63, 3.8) is 0 Å². The lowest BCUT2D eigenvalue weighted by atomic mass is 10.2. The lowest BCUT2D eigenvalue weighted by molar-refractivity contribution is -0.116. The van der Waals surface area contributed by atoms with Crippen molar-refractivity contribution in [2.24, 2.45) is 0 Å². The Hall–Kier alpha value is -3.16. The highest BCUT2D eigenvalue weighted by Gasteiger charge is 2.10. The fourth-order valence-corrected chi connectivity index (χ4v) is 1.99. The predicted octanol–water partition coefficient (Wildman–Crippen LogP) is 1.34. The Morgan fingerprint density at radius 3 is 2.12 bits per heavy atom. The summed E-state index contributed by atoms with van der Waals surface area (Å²) in [4.78, 5) is 28.7.